The number of benzene rings is 8. The fourth-order valence-electron chi connectivity index (χ4n) is 9.93. The smallest absolute Gasteiger partial charge is 0.164 e. The van der Waals surface area contributed by atoms with E-state index in [4.69, 9.17) is 23.8 Å². The van der Waals surface area contributed by atoms with Crippen LogP contribution < -0.4 is 0 Å². The van der Waals surface area contributed by atoms with E-state index in [1.807, 2.05) is 72.8 Å². The molecule has 6 heteroatoms. The van der Waals surface area contributed by atoms with Crippen LogP contribution in [-0.4, -0.2) is 15.0 Å². The first-order valence-electron chi connectivity index (χ1n) is 19.6. The van der Waals surface area contributed by atoms with Crippen LogP contribution in [-0.2, 0) is 5.41 Å². The summed E-state index contributed by atoms with van der Waals surface area (Å²) >= 11 is 0. The second-order valence-electron chi connectivity index (χ2n) is 15.4. The average Bonchev–Trinajstić information content (AvgIpc) is 4.03. The first-order chi connectivity index (χ1) is 29.2. The molecule has 59 heavy (non-hydrogen) atoms. The van der Waals surface area contributed by atoms with Gasteiger partial charge in [-0.3, -0.25) is 0 Å². The SMILES string of the molecule is N#Cc1cccc(-c2nc(-c3ccccc3)nc(-c3ccc4oc5ccc6c(c5c4c3)C3(c4ccccc4-c4ccccc43)c3cc4oc5ccccc5c4cc3-6)n2)c1. The van der Waals surface area contributed by atoms with Crippen molar-refractivity contribution < 1.29 is 8.83 Å². The Morgan fingerprint density at radius 3 is 1.81 bits per heavy atom. The lowest BCUT2D eigenvalue weighted by atomic mass is 9.69. The maximum Gasteiger partial charge on any atom is 0.164 e. The summed E-state index contributed by atoms with van der Waals surface area (Å²) in [5.41, 5.74) is 15.4. The van der Waals surface area contributed by atoms with Crippen molar-refractivity contribution in [3.8, 4) is 62.5 Å². The van der Waals surface area contributed by atoms with Gasteiger partial charge >= 0.3 is 0 Å². The molecule has 6 nitrogen and oxygen atoms in total. The highest BCUT2D eigenvalue weighted by atomic mass is 16.3. The quantitative estimate of drug-likeness (QED) is 0.178. The average molecular weight is 753 g/mol. The highest BCUT2D eigenvalue weighted by Gasteiger charge is 2.53. The first-order valence-corrected chi connectivity index (χ1v) is 19.6. The molecule has 272 valence electrons. The molecule has 0 aliphatic heterocycles. The predicted octanol–water partition coefficient (Wildman–Crippen LogP) is 12.9. The van der Waals surface area contributed by atoms with E-state index in [1.54, 1.807) is 6.07 Å². The molecular formula is C53H28N4O2. The fourth-order valence-corrected chi connectivity index (χ4v) is 9.93. The van der Waals surface area contributed by atoms with Crippen molar-refractivity contribution in [2.24, 2.45) is 0 Å². The van der Waals surface area contributed by atoms with E-state index < -0.39 is 5.41 Å². The second-order valence-corrected chi connectivity index (χ2v) is 15.4. The Hall–Kier alpha value is -8.14. The first kappa shape index (κ1) is 32.0. The molecule has 2 aliphatic rings. The molecule has 0 amide bonds. The van der Waals surface area contributed by atoms with Gasteiger partial charge in [-0.1, -0.05) is 115 Å². The lowest BCUT2D eigenvalue weighted by molar-refractivity contribution is 0.666. The van der Waals surface area contributed by atoms with E-state index in [2.05, 4.69) is 97.1 Å². The molecule has 0 atom stereocenters. The molecule has 0 unspecified atom stereocenters. The zero-order chi connectivity index (χ0) is 38.8. The van der Waals surface area contributed by atoms with Crippen LogP contribution in [0.15, 0.2) is 179 Å². The molecule has 1 spiro atoms. The monoisotopic (exact) mass is 752 g/mol. The number of rotatable bonds is 3. The molecule has 8 aromatic carbocycles. The normalized spacial score (nSPS) is 13.2. The summed E-state index contributed by atoms with van der Waals surface area (Å²) in [7, 11) is 0. The summed E-state index contributed by atoms with van der Waals surface area (Å²) in [5.74, 6) is 1.58. The number of para-hydroxylation sites is 1. The number of aromatic nitrogens is 3. The second kappa shape index (κ2) is 11.7. The summed E-state index contributed by atoms with van der Waals surface area (Å²) in [6, 6.07) is 60.8. The Labute approximate surface area is 337 Å². The van der Waals surface area contributed by atoms with Crippen LogP contribution in [0, 0.1) is 11.3 Å². The van der Waals surface area contributed by atoms with Crippen LogP contribution in [0.4, 0.5) is 0 Å². The van der Waals surface area contributed by atoms with Crippen molar-refractivity contribution in [3.05, 3.63) is 198 Å². The van der Waals surface area contributed by atoms with Crippen LogP contribution >= 0.6 is 0 Å². The maximum atomic E-state index is 9.71. The van der Waals surface area contributed by atoms with Gasteiger partial charge in [-0.25, -0.2) is 15.0 Å². The summed E-state index contributed by atoms with van der Waals surface area (Å²) in [6.45, 7) is 0. The van der Waals surface area contributed by atoms with E-state index in [1.165, 1.54) is 44.5 Å². The third-order valence-electron chi connectivity index (χ3n) is 12.3. The molecule has 11 aromatic rings. The van der Waals surface area contributed by atoms with Crippen LogP contribution in [0.25, 0.3) is 100 Å². The fraction of sp³-hybridized carbons (Fsp3) is 0.0189. The molecule has 0 saturated heterocycles. The predicted molar refractivity (Wildman–Crippen MR) is 232 cm³/mol. The molecule has 0 fully saturated rings. The lowest BCUT2D eigenvalue weighted by Gasteiger charge is -2.31. The molecule has 3 heterocycles. The van der Waals surface area contributed by atoms with Crippen molar-refractivity contribution in [2.45, 2.75) is 5.41 Å². The maximum absolute atomic E-state index is 9.71. The third-order valence-corrected chi connectivity index (χ3v) is 12.3. The Balaban J connectivity index is 1.12. The topological polar surface area (TPSA) is 88.7 Å². The van der Waals surface area contributed by atoms with Gasteiger partial charge in [-0.2, -0.15) is 5.26 Å². The molecule has 0 N–H and O–H groups in total. The molecule has 2 aliphatic carbocycles. The lowest BCUT2D eigenvalue weighted by Crippen LogP contribution is -2.26. The molecular weight excluding hydrogens is 725 g/mol. The summed E-state index contributed by atoms with van der Waals surface area (Å²) in [5, 5.41) is 14.0. The summed E-state index contributed by atoms with van der Waals surface area (Å²) < 4.78 is 13.4. The van der Waals surface area contributed by atoms with Gasteiger partial charge in [0.15, 0.2) is 17.5 Å². The molecule has 0 radical (unpaired) electrons. The Bertz CT molecular complexity index is 3600. The van der Waals surface area contributed by atoms with Gasteiger partial charge in [-0.15, -0.1) is 0 Å². The molecule has 0 bridgehead atoms. The van der Waals surface area contributed by atoms with Crippen LogP contribution in [0.2, 0.25) is 0 Å². The van der Waals surface area contributed by atoms with E-state index in [0.717, 1.165) is 60.6 Å². The van der Waals surface area contributed by atoms with Gasteiger partial charge in [0.1, 0.15) is 22.3 Å². The number of furan rings is 2. The van der Waals surface area contributed by atoms with Gasteiger partial charge in [0.2, 0.25) is 0 Å². The van der Waals surface area contributed by atoms with Gasteiger partial charge in [0.25, 0.3) is 0 Å². The third kappa shape index (κ3) is 4.31. The Kier molecular flexibility index (Phi) is 6.35. The number of nitrogens with zero attached hydrogens (tertiary/aromatic N) is 4. The molecule has 0 saturated carbocycles. The van der Waals surface area contributed by atoms with Crippen molar-refractivity contribution >= 4 is 43.9 Å². The number of hydrogen-bond donors (Lipinski definition) is 0. The highest BCUT2D eigenvalue weighted by Crippen LogP contribution is 2.65. The van der Waals surface area contributed by atoms with Crippen molar-refractivity contribution in [1.29, 1.82) is 5.26 Å². The zero-order valence-corrected chi connectivity index (χ0v) is 31.3. The van der Waals surface area contributed by atoms with Crippen LogP contribution in [0.5, 0.6) is 0 Å². The van der Waals surface area contributed by atoms with E-state index in [-0.39, 0.29) is 0 Å². The standard InChI is InChI=1S/C53H28N4O2/c54-29-30-11-10-14-32(25-30)51-55-50(31-12-2-1-3-13-31)56-52(57-51)33-21-23-45-40(26-33)48-46(58-45)24-22-37-38-27-39-36-17-6-9-20-44(36)59-47(39)28-43(38)53(49(37)48)41-18-7-4-15-34(41)35-16-5-8-19-42(35)53/h1-28H. The summed E-state index contributed by atoms with van der Waals surface area (Å²) in [6.07, 6.45) is 0. The minimum absolute atomic E-state index is 0.495. The van der Waals surface area contributed by atoms with Gasteiger partial charge < -0.3 is 8.83 Å². The van der Waals surface area contributed by atoms with E-state index >= 15 is 0 Å². The number of hydrogen-bond acceptors (Lipinski definition) is 6. The summed E-state index contributed by atoms with van der Waals surface area (Å²) in [4.78, 5) is 15.0. The Morgan fingerprint density at radius 2 is 1.03 bits per heavy atom. The van der Waals surface area contributed by atoms with E-state index in [0.29, 0.717) is 23.0 Å². The Morgan fingerprint density at radius 1 is 0.407 bits per heavy atom. The van der Waals surface area contributed by atoms with Gasteiger partial charge in [-0.05, 0) is 99.1 Å². The molecule has 3 aromatic heterocycles. The van der Waals surface area contributed by atoms with Crippen molar-refractivity contribution in [2.75, 3.05) is 0 Å². The van der Waals surface area contributed by atoms with Crippen LogP contribution in [0.1, 0.15) is 27.8 Å². The van der Waals surface area contributed by atoms with Crippen molar-refractivity contribution in [3.63, 3.8) is 0 Å². The van der Waals surface area contributed by atoms with Gasteiger partial charge in [0, 0.05) is 38.2 Å². The van der Waals surface area contributed by atoms with Crippen LogP contribution in [0.3, 0.4) is 0 Å². The molecule has 13 rings (SSSR count). The van der Waals surface area contributed by atoms with Crippen molar-refractivity contribution in [1.82, 2.24) is 15.0 Å². The largest absolute Gasteiger partial charge is 0.456 e. The number of nitriles is 1. The zero-order valence-electron chi connectivity index (χ0n) is 31.3. The number of fused-ring (bicyclic) bond motifs is 17. The van der Waals surface area contributed by atoms with Gasteiger partial charge in [0.05, 0.1) is 17.0 Å². The minimum atomic E-state index is -0.649. The highest BCUT2D eigenvalue weighted by molar-refractivity contribution is 6.16. The van der Waals surface area contributed by atoms with E-state index in [9.17, 15) is 5.26 Å². The minimum Gasteiger partial charge on any atom is -0.456 e.